The molecule has 1 aliphatic heterocycles. The fourth-order valence-electron chi connectivity index (χ4n) is 3.26. The molecule has 2 aromatic heterocycles. The van der Waals surface area contributed by atoms with E-state index in [1.807, 2.05) is 31.2 Å². The van der Waals surface area contributed by atoms with Crippen LogP contribution in [0, 0.1) is 6.92 Å². The van der Waals surface area contributed by atoms with E-state index in [1.165, 1.54) is 12.4 Å². The molecule has 0 spiro atoms. The van der Waals surface area contributed by atoms with Gasteiger partial charge in [0.25, 0.3) is 0 Å². The third-order valence-electron chi connectivity index (χ3n) is 4.81. The molecule has 0 radical (unpaired) electrons. The van der Waals surface area contributed by atoms with Crippen molar-refractivity contribution in [2.24, 2.45) is 0 Å². The van der Waals surface area contributed by atoms with Crippen LogP contribution in [-0.2, 0) is 11.0 Å². The van der Waals surface area contributed by atoms with Crippen molar-refractivity contribution in [3.05, 3.63) is 66.1 Å². The maximum absolute atomic E-state index is 13.4. The quantitative estimate of drug-likeness (QED) is 0.698. The van der Waals surface area contributed by atoms with Gasteiger partial charge >= 0.3 is 6.18 Å². The largest absolute Gasteiger partial charge is 0.433 e. The topological polar surface area (TPSA) is 71.0 Å². The second kappa shape index (κ2) is 7.74. The highest BCUT2D eigenvalue weighted by molar-refractivity contribution is 6.00. The average Bonchev–Trinajstić information content (AvgIpc) is 3.08. The normalized spacial score (nSPS) is 16.7. The van der Waals surface area contributed by atoms with Crippen LogP contribution in [0.4, 0.5) is 24.7 Å². The highest BCUT2D eigenvalue weighted by Crippen LogP contribution is 2.31. The highest BCUT2D eigenvalue weighted by atomic mass is 19.4. The molecule has 0 bridgehead atoms. The number of nitrogens with one attached hydrogen (secondary N) is 1. The van der Waals surface area contributed by atoms with Gasteiger partial charge in [0.15, 0.2) is 11.5 Å². The first kappa shape index (κ1) is 19.8. The molecule has 3 aromatic rings. The standard InChI is InChI=1S/C21H18F3N5O/c1-13-4-6-15(7-5-13)29-10-8-16(20(29)30)26-18-11-17(21(22,23)24)27-19(28-18)14-3-2-9-25-12-14/h2-7,9,11-12,16H,8,10H2,1H3,(H,26,27,28). The molecular formula is C21H18F3N5O. The number of rotatable bonds is 4. The summed E-state index contributed by atoms with van der Waals surface area (Å²) in [6, 6.07) is 10.8. The summed E-state index contributed by atoms with van der Waals surface area (Å²) in [6.07, 6.45) is -1.31. The van der Waals surface area contributed by atoms with Crippen molar-refractivity contribution in [1.82, 2.24) is 15.0 Å². The second-order valence-corrected chi connectivity index (χ2v) is 7.01. The van der Waals surface area contributed by atoms with Crippen LogP contribution in [-0.4, -0.2) is 33.4 Å². The predicted octanol–water partition coefficient (Wildman–Crippen LogP) is 4.08. The first-order valence-corrected chi connectivity index (χ1v) is 9.32. The number of hydrogen-bond donors (Lipinski definition) is 1. The molecule has 6 nitrogen and oxygen atoms in total. The molecule has 1 fully saturated rings. The summed E-state index contributed by atoms with van der Waals surface area (Å²) < 4.78 is 40.1. The van der Waals surface area contributed by atoms with Gasteiger partial charge in [-0.2, -0.15) is 13.2 Å². The van der Waals surface area contributed by atoms with Crippen molar-refractivity contribution in [2.45, 2.75) is 25.6 Å². The molecule has 1 aromatic carbocycles. The van der Waals surface area contributed by atoms with Crippen LogP contribution in [0.5, 0.6) is 0 Å². The molecule has 1 atom stereocenters. The fourth-order valence-corrected chi connectivity index (χ4v) is 3.26. The lowest BCUT2D eigenvalue weighted by atomic mass is 10.2. The number of amides is 1. The number of halogens is 3. The van der Waals surface area contributed by atoms with Gasteiger partial charge in [0.05, 0.1) is 0 Å². The maximum Gasteiger partial charge on any atom is 0.433 e. The van der Waals surface area contributed by atoms with Gasteiger partial charge in [-0.15, -0.1) is 0 Å². The van der Waals surface area contributed by atoms with E-state index in [1.54, 1.807) is 17.0 Å². The van der Waals surface area contributed by atoms with E-state index in [9.17, 15) is 18.0 Å². The number of anilines is 2. The Morgan fingerprint density at radius 3 is 2.57 bits per heavy atom. The lowest BCUT2D eigenvalue weighted by molar-refractivity contribution is -0.141. The zero-order chi connectivity index (χ0) is 21.3. The number of hydrogen-bond acceptors (Lipinski definition) is 5. The molecule has 9 heteroatoms. The number of alkyl halides is 3. The van der Waals surface area contributed by atoms with Crippen molar-refractivity contribution < 1.29 is 18.0 Å². The van der Waals surface area contributed by atoms with Crippen molar-refractivity contribution in [3.63, 3.8) is 0 Å². The van der Waals surface area contributed by atoms with E-state index in [2.05, 4.69) is 20.3 Å². The van der Waals surface area contributed by atoms with Gasteiger partial charge in [0.1, 0.15) is 11.9 Å². The zero-order valence-electron chi connectivity index (χ0n) is 16.0. The molecule has 154 valence electrons. The lowest BCUT2D eigenvalue weighted by Crippen LogP contribution is -2.33. The first-order valence-electron chi connectivity index (χ1n) is 9.32. The SMILES string of the molecule is Cc1ccc(N2CCC(Nc3cc(C(F)(F)F)nc(-c4cccnc4)n3)C2=O)cc1. The van der Waals surface area contributed by atoms with Crippen LogP contribution < -0.4 is 10.2 Å². The van der Waals surface area contributed by atoms with Gasteiger partial charge < -0.3 is 10.2 Å². The molecule has 0 saturated carbocycles. The van der Waals surface area contributed by atoms with E-state index >= 15 is 0 Å². The van der Waals surface area contributed by atoms with Crippen molar-refractivity contribution in [1.29, 1.82) is 0 Å². The Kier molecular flexibility index (Phi) is 5.11. The van der Waals surface area contributed by atoms with Crippen LogP contribution >= 0.6 is 0 Å². The van der Waals surface area contributed by atoms with E-state index in [4.69, 9.17) is 0 Å². The smallest absolute Gasteiger partial charge is 0.358 e. The minimum atomic E-state index is -4.65. The Morgan fingerprint density at radius 2 is 1.90 bits per heavy atom. The number of aryl methyl sites for hydroxylation is 1. The Bertz CT molecular complexity index is 1050. The van der Waals surface area contributed by atoms with Crippen LogP contribution in [0.2, 0.25) is 0 Å². The number of carbonyl (C=O) groups is 1. The number of nitrogens with zero attached hydrogens (tertiary/aromatic N) is 4. The lowest BCUT2D eigenvalue weighted by Gasteiger charge is -2.18. The predicted molar refractivity (Wildman–Crippen MR) is 106 cm³/mol. The molecule has 30 heavy (non-hydrogen) atoms. The summed E-state index contributed by atoms with van der Waals surface area (Å²) >= 11 is 0. The first-order chi connectivity index (χ1) is 14.3. The van der Waals surface area contributed by atoms with E-state index in [-0.39, 0.29) is 17.5 Å². The molecule has 1 amide bonds. The number of carbonyl (C=O) groups excluding carboxylic acids is 1. The summed E-state index contributed by atoms with van der Waals surface area (Å²) in [6.45, 7) is 2.42. The Labute approximate surface area is 170 Å². The third kappa shape index (κ3) is 4.10. The summed E-state index contributed by atoms with van der Waals surface area (Å²) in [5.74, 6) is -0.379. The average molecular weight is 413 g/mol. The highest BCUT2D eigenvalue weighted by Gasteiger charge is 2.36. The molecule has 4 rings (SSSR count). The van der Waals surface area contributed by atoms with Crippen LogP contribution in [0.3, 0.4) is 0 Å². The van der Waals surface area contributed by atoms with E-state index in [0.717, 1.165) is 17.3 Å². The summed E-state index contributed by atoms with van der Waals surface area (Å²) in [7, 11) is 0. The molecule has 1 unspecified atom stereocenters. The molecule has 1 saturated heterocycles. The summed E-state index contributed by atoms with van der Waals surface area (Å²) in [5, 5.41) is 2.86. The van der Waals surface area contributed by atoms with Crippen LogP contribution in [0.25, 0.3) is 11.4 Å². The Balaban J connectivity index is 1.61. The fraction of sp³-hybridized carbons (Fsp3) is 0.238. The van der Waals surface area contributed by atoms with Crippen LogP contribution in [0.1, 0.15) is 17.7 Å². The van der Waals surface area contributed by atoms with Gasteiger partial charge in [0, 0.05) is 36.3 Å². The second-order valence-electron chi connectivity index (χ2n) is 7.01. The summed E-state index contributed by atoms with van der Waals surface area (Å²) in [4.78, 5) is 26.2. The number of aromatic nitrogens is 3. The van der Waals surface area contributed by atoms with Crippen LogP contribution in [0.15, 0.2) is 54.9 Å². The minimum Gasteiger partial charge on any atom is -0.358 e. The molecule has 3 heterocycles. The maximum atomic E-state index is 13.4. The summed E-state index contributed by atoms with van der Waals surface area (Å²) in [5.41, 5.74) is 1.10. The molecular weight excluding hydrogens is 395 g/mol. The third-order valence-corrected chi connectivity index (χ3v) is 4.81. The number of pyridine rings is 1. The van der Waals surface area contributed by atoms with Crippen molar-refractivity contribution in [2.75, 3.05) is 16.8 Å². The van der Waals surface area contributed by atoms with Gasteiger partial charge in [-0.05, 0) is 37.6 Å². The Hall–Kier alpha value is -3.49. The number of benzene rings is 1. The molecule has 1 aliphatic rings. The monoisotopic (exact) mass is 413 g/mol. The molecule has 0 aliphatic carbocycles. The van der Waals surface area contributed by atoms with Gasteiger partial charge in [-0.25, -0.2) is 9.97 Å². The van der Waals surface area contributed by atoms with E-state index in [0.29, 0.717) is 18.5 Å². The zero-order valence-corrected chi connectivity index (χ0v) is 16.0. The van der Waals surface area contributed by atoms with Gasteiger partial charge in [0.2, 0.25) is 5.91 Å². The molecule has 1 N–H and O–H groups in total. The van der Waals surface area contributed by atoms with Crippen molar-refractivity contribution >= 4 is 17.4 Å². The van der Waals surface area contributed by atoms with Gasteiger partial charge in [-0.1, -0.05) is 17.7 Å². The Morgan fingerprint density at radius 1 is 1.13 bits per heavy atom. The van der Waals surface area contributed by atoms with E-state index < -0.39 is 17.9 Å². The van der Waals surface area contributed by atoms with Crippen molar-refractivity contribution in [3.8, 4) is 11.4 Å². The minimum absolute atomic E-state index is 0.0553. The van der Waals surface area contributed by atoms with Gasteiger partial charge in [-0.3, -0.25) is 9.78 Å².